The maximum atomic E-state index is 11.9. The zero-order valence-electron chi connectivity index (χ0n) is 14.5. The highest BCUT2D eigenvalue weighted by Crippen LogP contribution is 2.27. The quantitative estimate of drug-likeness (QED) is 0.644. The van der Waals surface area contributed by atoms with E-state index in [1.165, 1.54) is 0 Å². The van der Waals surface area contributed by atoms with Crippen molar-refractivity contribution >= 4 is 5.91 Å². The van der Waals surface area contributed by atoms with Gasteiger partial charge in [-0.3, -0.25) is 4.79 Å². The molecular formula is C17H28N2O4. The number of methoxy groups -OCH3 is 2. The van der Waals surface area contributed by atoms with E-state index in [9.17, 15) is 4.79 Å². The molecule has 3 N–H and O–H groups in total. The monoisotopic (exact) mass is 324 g/mol. The van der Waals surface area contributed by atoms with Crippen molar-refractivity contribution in [1.29, 1.82) is 0 Å². The first-order valence-corrected chi connectivity index (χ1v) is 7.86. The number of carbonyl (C=O) groups excluding carboxylic acids is 1. The van der Waals surface area contributed by atoms with Crippen molar-refractivity contribution in [3.05, 3.63) is 18.2 Å². The van der Waals surface area contributed by atoms with Gasteiger partial charge < -0.3 is 25.3 Å². The second-order valence-corrected chi connectivity index (χ2v) is 5.67. The largest absolute Gasteiger partial charge is 0.496 e. The summed E-state index contributed by atoms with van der Waals surface area (Å²) >= 11 is 0. The molecule has 0 fully saturated rings. The van der Waals surface area contributed by atoms with Gasteiger partial charge >= 0.3 is 0 Å². The zero-order chi connectivity index (χ0) is 17.3. The molecule has 1 rings (SSSR count). The van der Waals surface area contributed by atoms with E-state index in [4.69, 9.17) is 19.9 Å². The van der Waals surface area contributed by atoms with Crippen LogP contribution in [0, 0.1) is 0 Å². The molecule has 23 heavy (non-hydrogen) atoms. The van der Waals surface area contributed by atoms with Crippen LogP contribution in [0.3, 0.4) is 0 Å². The third-order valence-electron chi connectivity index (χ3n) is 3.49. The maximum Gasteiger partial charge on any atom is 0.239 e. The highest BCUT2D eigenvalue weighted by Gasteiger charge is 2.26. The molecule has 1 unspecified atom stereocenters. The predicted octanol–water partition coefficient (Wildman–Crippen LogP) is 2.11. The molecule has 1 amide bonds. The van der Waals surface area contributed by atoms with Crippen LogP contribution in [0.15, 0.2) is 18.2 Å². The van der Waals surface area contributed by atoms with Crippen LogP contribution in [0.4, 0.5) is 0 Å². The minimum atomic E-state index is -0.810. The Hall–Kier alpha value is -1.95. The van der Waals surface area contributed by atoms with Gasteiger partial charge in [-0.15, -0.1) is 0 Å². The molecule has 0 radical (unpaired) electrons. The van der Waals surface area contributed by atoms with Gasteiger partial charge in [-0.05, 0) is 19.8 Å². The molecule has 0 aliphatic rings. The number of carbonyl (C=O) groups is 1. The first-order chi connectivity index (χ1) is 10.9. The molecule has 1 atom stereocenters. The standard InChI is InChI=1S/C17H28N2O4/c1-5-7-17(2,18)16(20)19-8-6-9-23-15-11-13(21-3)10-14(12-15)22-4/h10-12H,5-9,18H2,1-4H3,(H,19,20). The van der Waals surface area contributed by atoms with Crippen molar-refractivity contribution in [2.75, 3.05) is 27.4 Å². The number of hydrogen-bond acceptors (Lipinski definition) is 5. The molecule has 130 valence electrons. The Kier molecular flexibility index (Phi) is 7.68. The molecule has 0 aliphatic heterocycles. The van der Waals surface area contributed by atoms with Crippen molar-refractivity contribution in [1.82, 2.24) is 5.32 Å². The summed E-state index contributed by atoms with van der Waals surface area (Å²) in [7, 11) is 3.18. The van der Waals surface area contributed by atoms with Gasteiger partial charge in [0.15, 0.2) is 0 Å². The highest BCUT2D eigenvalue weighted by molar-refractivity contribution is 5.85. The van der Waals surface area contributed by atoms with E-state index < -0.39 is 5.54 Å². The van der Waals surface area contributed by atoms with Crippen LogP contribution in [-0.2, 0) is 4.79 Å². The highest BCUT2D eigenvalue weighted by atomic mass is 16.5. The van der Waals surface area contributed by atoms with E-state index in [0.29, 0.717) is 43.2 Å². The van der Waals surface area contributed by atoms with Crippen molar-refractivity contribution in [2.24, 2.45) is 5.73 Å². The number of amides is 1. The summed E-state index contributed by atoms with van der Waals surface area (Å²) in [5.41, 5.74) is 5.16. The number of ether oxygens (including phenoxy) is 3. The van der Waals surface area contributed by atoms with Crippen molar-refractivity contribution < 1.29 is 19.0 Å². The Bertz CT molecular complexity index is 481. The van der Waals surface area contributed by atoms with Gasteiger partial charge in [-0.1, -0.05) is 13.3 Å². The molecule has 0 aromatic heterocycles. The van der Waals surface area contributed by atoms with Gasteiger partial charge in [-0.25, -0.2) is 0 Å². The first-order valence-electron chi connectivity index (χ1n) is 7.86. The summed E-state index contributed by atoms with van der Waals surface area (Å²) in [4.78, 5) is 11.9. The number of nitrogens with one attached hydrogen (secondary N) is 1. The minimum absolute atomic E-state index is 0.123. The van der Waals surface area contributed by atoms with Gasteiger partial charge in [0.05, 0.1) is 26.4 Å². The van der Waals surface area contributed by atoms with Gasteiger partial charge in [0.1, 0.15) is 17.2 Å². The van der Waals surface area contributed by atoms with Crippen LogP contribution in [0.5, 0.6) is 17.2 Å². The average Bonchev–Trinajstić information content (AvgIpc) is 2.53. The van der Waals surface area contributed by atoms with E-state index in [1.807, 2.05) is 6.92 Å². The van der Waals surface area contributed by atoms with Gasteiger partial charge in [0.25, 0.3) is 0 Å². The molecule has 0 heterocycles. The van der Waals surface area contributed by atoms with Crippen LogP contribution in [0.2, 0.25) is 0 Å². The number of benzene rings is 1. The normalized spacial score (nSPS) is 13.1. The summed E-state index contributed by atoms with van der Waals surface area (Å²) in [6.45, 7) is 4.77. The summed E-state index contributed by atoms with van der Waals surface area (Å²) < 4.78 is 16.0. The fourth-order valence-electron chi connectivity index (χ4n) is 2.16. The lowest BCUT2D eigenvalue weighted by molar-refractivity contribution is -0.126. The fraction of sp³-hybridized carbons (Fsp3) is 0.588. The SMILES string of the molecule is CCCC(C)(N)C(=O)NCCCOc1cc(OC)cc(OC)c1. The van der Waals surface area contributed by atoms with E-state index in [0.717, 1.165) is 6.42 Å². The summed E-state index contributed by atoms with van der Waals surface area (Å²) in [6.07, 6.45) is 2.23. The Balaban J connectivity index is 2.36. The Morgan fingerprint density at radius 2 is 1.74 bits per heavy atom. The van der Waals surface area contributed by atoms with Crippen LogP contribution in [-0.4, -0.2) is 38.8 Å². The van der Waals surface area contributed by atoms with E-state index in [1.54, 1.807) is 39.3 Å². The lowest BCUT2D eigenvalue weighted by atomic mass is 9.96. The molecule has 6 heteroatoms. The zero-order valence-corrected chi connectivity index (χ0v) is 14.5. The Morgan fingerprint density at radius 3 is 2.26 bits per heavy atom. The van der Waals surface area contributed by atoms with Gasteiger partial charge in [0.2, 0.25) is 5.91 Å². The van der Waals surface area contributed by atoms with Gasteiger partial charge in [-0.2, -0.15) is 0 Å². The Labute approximate surface area is 138 Å². The van der Waals surface area contributed by atoms with E-state index >= 15 is 0 Å². The van der Waals surface area contributed by atoms with E-state index in [2.05, 4.69) is 5.32 Å². The summed E-state index contributed by atoms with van der Waals surface area (Å²) in [5, 5.41) is 2.85. The van der Waals surface area contributed by atoms with Crippen LogP contribution in [0.1, 0.15) is 33.1 Å². The second kappa shape index (κ2) is 9.25. The molecule has 6 nitrogen and oxygen atoms in total. The lowest BCUT2D eigenvalue weighted by Crippen LogP contribution is -2.51. The van der Waals surface area contributed by atoms with Crippen LogP contribution < -0.4 is 25.3 Å². The lowest BCUT2D eigenvalue weighted by Gasteiger charge is -2.22. The third kappa shape index (κ3) is 6.36. The molecule has 1 aromatic rings. The van der Waals surface area contributed by atoms with E-state index in [-0.39, 0.29) is 5.91 Å². The number of hydrogen-bond donors (Lipinski definition) is 2. The van der Waals surface area contributed by atoms with Crippen LogP contribution >= 0.6 is 0 Å². The summed E-state index contributed by atoms with van der Waals surface area (Å²) in [5.74, 6) is 1.89. The van der Waals surface area contributed by atoms with Gasteiger partial charge in [0, 0.05) is 24.7 Å². The second-order valence-electron chi connectivity index (χ2n) is 5.67. The predicted molar refractivity (Wildman–Crippen MR) is 90.2 cm³/mol. The average molecular weight is 324 g/mol. The number of nitrogens with two attached hydrogens (primary N) is 1. The maximum absolute atomic E-state index is 11.9. The Morgan fingerprint density at radius 1 is 1.17 bits per heavy atom. The molecule has 1 aromatic carbocycles. The van der Waals surface area contributed by atoms with Crippen molar-refractivity contribution in [3.63, 3.8) is 0 Å². The van der Waals surface area contributed by atoms with Crippen molar-refractivity contribution in [3.8, 4) is 17.2 Å². The number of rotatable bonds is 10. The van der Waals surface area contributed by atoms with Crippen LogP contribution in [0.25, 0.3) is 0 Å². The molecule has 0 bridgehead atoms. The molecule has 0 saturated carbocycles. The molecule has 0 spiro atoms. The third-order valence-corrected chi connectivity index (χ3v) is 3.49. The molecule has 0 aliphatic carbocycles. The van der Waals surface area contributed by atoms with Crippen molar-refractivity contribution in [2.45, 2.75) is 38.6 Å². The molecular weight excluding hydrogens is 296 g/mol. The fourth-order valence-corrected chi connectivity index (χ4v) is 2.16. The first kappa shape index (κ1) is 19.1. The minimum Gasteiger partial charge on any atom is -0.496 e. The molecule has 0 saturated heterocycles. The summed E-state index contributed by atoms with van der Waals surface area (Å²) in [6, 6.07) is 5.36. The topological polar surface area (TPSA) is 82.8 Å². The smallest absolute Gasteiger partial charge is 0.239 e.